The zero-order chi connectivity index (χ0) is 48.0. The minimum atomic E-state index is -1.88. The number of aliphatic hydroxyl groups is 2. The van der Waals surface area contributed by atoms with E-state index in [-0.39, 0.29) is 25.5 Å². The number of esters is 3. The molecule has 5 saturated carbocycles. The Balaban J connectivity index is 1.15. The van der Waals surface area contributed by atoms with Crippen LogP contribution in [0.25, 0.3) is 0 Å². The van der Waals surface area contributed by atoms with Gasteiger partial charge in [-0.05, 0) is 37.4 Å². The van der Waals surface area contributed by atoms with E-state index in [0.29, 0.717) is 31.5 Å². The molecule has 1 aromatic rings. The Kier molecular flexibility index (Phi) is 17.6. The summed E-state index contributed by atoms with van der Waals surface area (Å²) in [5.74, 6) is -4.05. The van der Waals surface area contributed by atoms with Crippen molar-refractivity contribution < 1.29 is 57.8 Å². The molecule has 378 valence electrons. The summed E-state index contributed by atoms with van der Waals surface area (Å²) in [7, 11) is 6.41. The van der Waals surface area contributed by atoms with Crippen LogP contribution in [-0.4, -0.2) is 135 Å². The predicted octanol–water partition coefficient (Wildman–Crippen LogP) is 8.24. The lowest BCUT2D eigenvalue weighted by Gasteiger charge is -2.70. The molecule has 13 heteroatoms. The molecule has 6 aliphatic rings. The lowest BCUT2D eigenvalue weighted by Crippen LogP contribution is -2.81. The van der Waals surface area contributed by atoms with Crippen LogP contribution in [0.5, 0.6) is 0 Å². The molecular weight excluding hydrogens is 855 g/mol. The van der Waals surface area contributed by atoms with E-state index < -0.39 is 100 Å². The van der Waals surface area contributed by atoms with Crippen molar-refractivity contribution in [2.45, 2.75) is 203 Å². The van der Waals surface area contributed by atoms with Gasteiger partial charge < -0.3 is 43.4 Å². The number of methoxy groups -OCH3 is 4. The van der Waals surface area contributed by atoms with Crippen molar-refractivity contribution in [3.63, 3.8) is 0 Å². The molecule has 1 saturated heterocycles. The molecule has 67 heavy (non-hydrogen) atoms. The van der Waals surface area contributed by atoms with Gasteiger partial charge in [-0.25, -0.2) is 4.79 Å². The van der Waals surface area contributed by atoms with Crippen molar-refractivity contribution in [3.05, 3.63) is 35.9 Å². The van der Waals surface area contributed by atoms with Crippen LogP contribution in [0.1, 0.15) is 160 Å². The van der Waals surface area contributed by atoms with Gasteiger partial charge in [0.1, 0.15) is 30.0 Å². The third-order valence-corrected chi connectivity index (χ3v) is 17.9. The van der Waals surface area contributed by atoms with E-state index in [0.717, 1.165) is 19.3 Å². The van der Waals surface area contributed by atoms with Gasteiger partial charge in [-0.2, -0.15) is 0 Å². The quantitative estimate of drug-likeness (QED) is 0.0471. The summed E-state index contributed by atoms with van der Waals surface area (Å²) < 4.78 is 45.5. The van der Waals surface area contributed by atoms with E-state index in [4.69, 9.17) is 33.2 Å². The fraction of sp³-hybridized carbons (Fsp3) is 0.833. The average Bonchev–Trinajstić information content (AvgIpc) is 3.69. The first-order valence-electron chi connectivity index (χ1n) is 26.3. The van der Waals surface area contributed by atoms with Crippen LogP contribution in [0.2, 0.25) is 0 Å². The summed E-state index contributed by atoms with van der Waals surface area (Å²) in [5, 5.41) is 26.3. The molecule has 1 heterocycles. The summed E-state index contributed by atoms with van der Waals surface area (Å²) in [6.45, 7) is 7.05. The number of benzene rings is 1. The van der Waals surface area contributed by atoms with Gasteiger partial charge in [0.2, 0.25) is 0 Å². The van der Waals surface area contributed by atoms with E-state index in [1.54, 1.807) is 45.6 Å². The van der Waals surface area contributed by atoms with Gasteiger partial charge >= 0.3 is 17.9 Å². The molecule has 1 spiro atoms. The van der Waals surface area contributed by atoms with Crippen LogP contribution < -0.4 is 0 Å². The number of hydrogen-bond acceptors (Lipinski definition) is 13. The van der Waals surface area contributed by atoms with Gasteiger partial charge in [0.15, 0.2) is 5.60 Å². The second-order valence-corrected chi connectivity index (χ2v) is 21.3. The first kappa shape index (κ1) is 52.2. The molecule has 0 aromatic heterocycles. The number of carbonyl (C=O) groups is 3. The fourth-order valence-electron chi connectivity index (χ4n) is 15.6. The molecular formula is C54H85NO12. The van der Waals surface area contributed by atoms with E-state index in [1.165, 1.54) is 97.5 Å². The lowest BCUT2D eigenvalue weighted by atomic mass is 9.42. The highest BCUT2D eigenvalue weighted by Crippen LogP contribution is 2.81. The monoisotopic (exact) mass is 940 g/mol. The highest BCUT2D eigenvalue weighted by atomic mass is 16.6. The van der Waals surface area contributed by atoms with Crippen LogP contribution in [0.15, 0.2) is 30.3 Å². The van der Waals surface area contributed by atoms with Crippen molar-refractivity contribution in [2.24, 2.45) is 34.5 Å². The average molecular weight is 940 g/mol. The van der Waals surface area contributed by atoms with Crippen molar-refractivity contribution in [3.8, 4) is 0 Å². The predicted molar refractivity (Wildman–Crippen MR) is 253 cm³/mol. The van der Waals surface area contributed by atoms with Gasteiger partial charge in [0, 0.05) is 89.4 Å². The first-order valence-corrected chi connectivity index (χ1v) is 26.3. The number of nitrogens with zero attached hydrogens (tertiary/aromatic N) is 1. The summed E-state index contributed by atoms with van der Waals surface area (Å²) >= 11 is 0. The maximum Gasteiger partial charge on any atom is 0.338 e. The second-order valence-electron chi connectivity index (χ2n) is 21.3. The molecule has 0 radical (unpaired) electrons. The number of piperidine rings is 1. The van der Waals surface area contributed by atoms with Crippen LogP contribution in [-0.2, 0) is 42.7 Å². The number of unbranched alkanes of at least 4 members (excludes halogenated alkanes) is 16. The minimum Gasteiger partial charge on any atom is -0.462 e. The molecule has 1 aliphatic heterocycles. The van der Waals surface area contributed by atoms with Gasteiger partial charge in [-0.15, -0.1) is 0 Å². The molecule has 7 rings (SSSR count). The second kappa shape index (κ2) is 22.6. The Morgan fingerprint density at radius 3 is 1.85 bits per heavy atom. The molecule has 1 unspecified atom stereocenters. The van der Waals surface area contributed by atoms with E-state index in [1.807, 2.05) is 6.07 Å². The van der Waals surface area contributed by atoms with E-state index in [2.05, 4.69) is 18.7 Å². The normalized spacial score (nSPS) is 37.9. The SMILES string of the molecule is CCCCCCCCCCCCCCCCCCCC(=O)O[C@]12[C@H]3[C@@H](OC(=O)c4ccccc4)[C@](O)(C[C@H]3[C@@]34C5[C@@H]1[C@H](OC)[C@@H]3[C@](COC)(CN5CC)[C@H](OC(C)=O)C[C@@H]4OC)[C@@H](OC)[C@@H]2O. The Labute approximate surface area is 401 Å². The van der Waals surface area contributed by atoms with Gasteiger partial charge in [-0.3, -0.25) is 14.5 Å². The van der Waals surface area contributed by atoms with Crippen molar-refractivity contribution >= 4 is 17.9 Å². The first-order chi connectivity index (χ1) is 32.4. The maximum absolute atomic E-state index is 14.7. The standard InChI is InChI=1S/C54H85NO12/c1-8-10-11-12-13-14-15-16-17-18-19-20-21-22-23-24-28-31-41(57)67-54-42-38(33-52(60,49(64-7)47(54)58)48(42)66-50(59)37-29-26-25-27-30-37)53-40(62-5)32-39(65-36(3)56)51(35-61-4)34-55(9-2)46(53)43(54)44(63-6)45(51)53/h25-27,29-30,38-40,42-49,58,60H,8-24,28,31-35H2,1-7H3/t38-,39-,40+,42-,43+,44+,45-,46?,47+,48-,49+,51+,52-,53+,54-/m1/s1. The summed E-state index contributed by atoms with van der Waals surface area (Å²) in [6, 6.07) is 8.27. The van der Waals surface area contributed by atoms with Crippen LogP contribution in [0.3, 0.4) is 0 Å². The minimum absolute atomic E-state index is 0.0628. The molecule has 13 nitrogen and oxygen atoms in total. The topological polar surface area (TPSA) is 160 Å². The number of aliphatic hydroxyl groups excluding tert-OH is 1. The van der Waals surface area contributed by atoms with Crippen molar-refractivity contribution in [1.82, 2.24) is 4.90 Å². The number of rotatable bonds is 28. The smallest absolute Gasteiger partial charge is 0.338 e. The summed E-state index contributed by atoms with van der Waals surface area (Å²) in [5.41, 5.74) is -4.96. The molecule has 7 bridgehead atoms. The van der Waals surface area contributed by atoms with Crippen LogP contribution in [0.4, 0.5) is 0 Å². The maximum atomic E-state index is 14.7. The van der Waals surface area contributed by atoms with E-state index in [9.17, 15) is 24.6 Å². The van der Waals surface area contributed by atoms with Crippen LogP contribution >= 0.6 is 0 Å². The summed E-state index contributed by atoms with van der Waals surface area (Å²) in [6.07, 6.45) is 15.6. The summed E-state index contributed by atoms with van der Waals surface area (Å²) in [4.78, 5) is 44.2. The Hall–Kier alpha value is -2.65. The van der Waals surface area contributed by atoms with E-state index >= 15 is 0 Å². The number of hydrogen-bond donors (Lipinski definition) is 2. The Morgan fingerprint density at radius 2 is 1.33 bits per heavy atom. The lowest BCUT2D eigenvalue weighted by molar-refractivity contribution is -0.323. The molecule has 15 atom stereocenters. The van der Waals surface area contributed by atoms with Crippen molar-refractivity contribution in [1.29, 1.82) is 0 Å². The number of fused-ring (bicyclic) bond motifs is 2. The van der Waals surface area contributed by atoms with Crippen LogP contribution in [0, 0.1) is 34.5 Å². The highest BCUT2D eigenvalue weighted by molar-refractivity contribution is 5.89. The molecule has 2 N–H and O–H groups in total. The Morgan fingerprint density at radius 1 is 0.731 bits per heavy atom. The van der Waals surface area contributed by atoms with Crippen molar-refractivity contribution in [2.75, 3.05) is 48.1 Å². The number of likely N-dealkylation sites (tertiary alicyclic amines) is 1. The number of carbonyl (C=O) groups excluding carboxylic acids is 3. The third kappa shape index (κ3) is 9.16. The van der Waals surface area contributed by atoms with Gasteiger partial charge in [0.05, 0.1) is 24.4 Å². The number of ether oxygens (including phenoxy) is 7. The highest BCUT2D eigenvalue weighted by Gasteiger charge is 2.92. The largest absolute Gasteiger partial charge is 0.462 e. The molecule has 0 amide bonds. The zero-order valence-electron chi connectivity index (χ0n) is 41.9. The molecule has 1 aromatic carbocycles. The van der Waals surface area contributed by atoms with Gasteiger partial charge in [0.25, 0.3) is 0 Å². The molecule has 5 aliphatic carbocycles. The fourth-order valence-corrected chi connectivity index (χ4v) is 15.6. The molecule has 6 fully saturated rings. The Bertz CT molecular complexity index is 1780. The zero-order valence-corrected chi connectivity index (χ0v) is 41.9. The van der Waals surface area contributed by atoms with Gasteiger partial charge in [-0.1, -0.05) is 135 Å². The third-order valence-electron chi connectivity index (χ3n) is 17.9.